The molecule has 11 heteroatoms. The topological polar surface area (TPSA) is 95.2 Å². The number of piperidine rings is 1. The van der Waals surface area contributed by atoms with Crippen LogP contribution >= 0.6 is 34.8 Å². The molecule has 0 bridgehead atoms. The van der Waals surface area contributed by atoms with Crippen LogP contribution < -0.4 is 4.72 Å². The number of amides is 1. The van der Waals surface area contributed by atoms with Crippen LogP contribution in [-0.4, -0.2) is 42.9 Å². The Hall–Kier alpha value is -1.76. The van der Waals surface area contributed by atoms with Gasteiger partial charge in [-0.15, -0.1) is 0 Å². The molecule has 188 valence electrons. The molecule has 0 radical (unpaired) electrons. The zero-order valence-electron chi connectivity index (χ0n) is 19.1. The molecule has 0 spiro atoms. The summed E-state index contributed by atoms with van der Waals surface area (Å²) in [6.07, 6.45) is 7.51. The molecule has 1 aliphatic heterocycles. The van der Waals surface area contributed by atoms with Gasteiger partial charge in [-0.1, -0.05) is 54.1 Å². The zero-order chi connectivity index (χ0) is 25.2. The van der Waals surface area contributed by atoms with Crippen molar-refractivity contribution in [3.05, 3.63) is 51.2 Å². The van der Waals surface area contributed by atoms with Gasteiger partial charge in [-0.25, -0.2) is 8.42 Å². The monoisotopic (exact) mass is 556 g/mol. The molecular formula is C24H27Cl3N4O3S. The lowest BCUT2D eigenvalue weighted by Gasteiger charge is -2.42. The standard InChI is InChI=1S/C24H27Cl3N4O3S/c25-18-12-20(26)23(21(27)13-18)35(33,34)29-22(8-11-30-9-3-6-19(30)14-28)24(32)31-10-7-16-4-1-2-5-17(16)15-31/h3,6,9,12-13,16-17,22,29H,1-2,4-5,7-8,10-11,15H2/t16-,17-,22?/m0/s1. The fourth-order valence-corrected chi connectivity index (χ4v) is 8.03. The van der Waals surface area contributed by atoms with E-state index in [4.69, 9.17) is 34.8 Å². The summed E-state index contributed by atoms with van der Waals surface area (Å²) in [5, 5.41) is 9.28. The van der Waals surface area contributed by atoms with Crippen LogP contribution in [-0.2, 0) is 21.4 Å². The van der Waals surface area contributed by atoms with Crippen LogP contribution in [0, 0.1) is 23.2 Å². The molecular weight excluding hydrogens is 531 g/mol. The molecule has 2 aliphatic rings. The van der Waals surface area contributed by atoms with Crippen molar-refractivity contribution in [3.63, 3.8) is 0 Å². The van der Waals surface area contributed by atoms with Crippen molar-refractivity contribution in [3.8, 4) is 6.07 Å². The summed E-state index contributed by atoms with van der Waals surface area (Å²) in [6.45, 7) is 1.53. The van der Waals surface area contributed by atoms with Gasteiger partial charge in [0.15, 0.2) is 0 Å². The van der Waals surface area contributed by atoms with Gasteiger partial charge in [-0.2, -0.15) is 9.98 Å². The number of aromatic nitrogens is 1. The maximum Gasteiger partial charge on any atom is 0.244 e. The minimum atomic E-state index is -4.25. The van der Waals surface area contributed by atoms with E-state index in [2.05, 4.69) is 10.8 Å². The van der Waals surface area contributed by atoms with E-state index in [0.29, 0.717) is 30.6 Å². The first kappa shape index (κ1) is 26.3. The minimum Gasteiger partial charge on any atom is -0.341 e. The molecule has 1 aromatic carbocycles. The molecule has 1 unspecified atom stereocenters. The third kappa shape index (κ3) is 5.98. The molecule has 35 heavy (non-hydrogen) atoms. The minimum absolute atomic E-state index is 0.124. The van der Waals surface area contributed by atoms with Crippen LogP contribution in [0.1, 0.15) is 44.2 Å². The largest absolute Gasteiger partial charge is 0.341 e. The van der Waals surface area contributed by atoms with Crippen molar-refractivity contribution in [2.45, 2.75) is 56.0 Å². The molecule has 1 aromatic heterocycles. The predicted molar refractivity (Wildman–Crippen MR) is 136 cm³/mol. The summed E-state index contributed by atoms with van der Waals surface area (Å²) in [5.41, 5.74) is 0.436. The molecule has 2 heterocycles. The lowest BCUT2D eigenvalue weighted by atomic mass is 9.75. The Kier molecular flexibility index (Phi) is 8.34. The van der Waals surface area contributed by atoms with Crippen LogP contribution in [0.15, 0.2) is 35.4 Å². The number of hydrogen-bond acceptors (Lipinski definition) is 4. The van der Waals surface area contributed by atoms with Gasteiger partial charge in [-0.3, -0.25) is 4.79 Å². The van der Waals surface area contributed by atoms with E-state index in [1.165, 1.54) is 25.0 Å². The maximum absolute atomic E-state index is 13.7. The molecule has 1 aliphatic carbocycles. The van der Waals surface area contributed by atoms with Crippen LogP contribution in [0.3, 0.4) is 0 Å². The number of fused-ring (bicyclic) bond motifs is 1. The van der Waals surface area contributed by atoms with E-state index in [1.54, 1.807) is 27.8 Å². The number of nitrogens with one attached hydrogen (secondary N) is 1. The number of carbonyl (C=O) groups excluding carboxylic acids is 1. The highest BCUT2D eigenvalue weighted by Gasteiger charge is 2.37. The molecule has 4 rings (SSSR count). The Morgan fingerprint density at radius 2 is 1.83 bits per heavy atom. The Morgan fingerprint density at radius 1 is 1.14 bits per heavy atom. The average Bonchev–Trinajstić information content (AvgIpc) is 3.27. The molecule has 1 saturated heterocycles. The summed E-state index contributed by atoms with van der Waals surface area (Å²) in [5.74, 6) is 0.811. The van der Waals surface area contributed by atoms with Crippen LogP contribution in [0.2, 0.25) is 15.1 Å². The van der Waals surface area contributed by atoms with Crippen LogP contribution in [0.4, 0.5) is 0 Å². The molecule has 2 fully saturated rings. The van der Waals surface area contributed by atoms with Crippen molar-refractivity contribution in [2.75, 3.05) is 13.1 Å². The van der Waals surface area contributed by atoms with Gasteiger partial charge in [0.05, 0.1) is 10.0 Å². The molecule has 7 nitrogen and oxygen atoms in total. The Labute approximate surface area is 221 Å². The Morgan fingerprint density at radius 3 is 2.51 bits per heavy atom. The summed E-state index contributed by atoms with van der Waals surface area (Å²) < 4.78 is 30.9. The second kappa shape index (κ2) is 11.1. The van der Waals surface area contributed by atoms with Crippen molar-refractivity contribution in [1.29, 1.82) is 5.26 Å². The second-order valence-electron chi connectivity index (χ2n) is 9.24. The Bertz CT molecular complexity index is 1220. The van der Waals surface area contributed by atoms with Crippen molar-refractivity contribution < 1.29 is 13.2 Å². The van der Waals surface area contributed by atoms with E-state index in [0.717, 1.165) is 19.3 Å². The van der Waals surface area contributed by atoms with E-state index < -0.39 is 16.1 Å². The molecule has 1 saturated carbocycles. The number of nitrogens with zero attached hydrogens (tertiary/aromatic N) is 3. The lowest BCUT2D eigenvalue weighted by molar-refractivity contribution is -0.136. The van der Waals surface area contributed by atoms with Gasteiger partial charge in [0.25, 0.3) is 0 Å². The number of likely N-dealkylation sites (tertiary alicyclic amines) is 1. The molecule has 1 N–H and O–H groups in total. The third-order valence-electron chi connectivity index (χ3n) is 7.03. The maximum atomic E-state index is 13.7. The van der Waals surface area contributed by atoms with Gasteiger partial charge >= 0.3 is 0 Å². The number of halogens is 3. The number of benzene rings is 1. The fourth-order valence-electron chi connectivity index (χ4n) is 5.26. The van der Waals surface area contributed by atoms with Crippen LogP contribution in [0.25, 0.3) is 0 Å². The Balaban J connectivity index is 1.58. The third-order valence-corrected chi connectivity index (χ3v) is 9.64. The first-order chi connectivity index (χ1) is 16.7. The van der Waals surface area contributed by atoms with E-state index in [9.17, 15) is 18.5 Å². The highest BCUT2D eigenvalue weighted by atomic mass is 35.5. The zero-order valence-corrected chi connectivity index (χ0v) is 22.2. The van der Waals surface area contributed by atoms with Crippen LogP contribution in [0.5, 0.6) is 0 Å². The number of hydrogen-bond donors (Lipinski definition) is 1. The van der Waals surface area contributed by atoms with Gasteiger partial charge in [-0.05, 0) is 55.4 Å². The quantitative estimate of drug-likeness (QED) is 0.513. The first-order valence-corrected chi connectivity index (χ1v) is 14.3. The summed E-state index contributed by atoms with van der Waals surface area (Å²) in [4.78, 5) is 15.1. The van der Waals surface area contributed by atoms with Crippen molar-refractivity contribution >= 4 is 50.7 Å². The van der Waals surface area contributed by atoms with E-state index in [-0.39, 0.29) is 38.8 Å². The molecule has 3 atom stereocenters. The lowest BCUT2D eigenvalue weighted by Crippen LogP contribution is -2.53. The highest BCUT2D eigenvalue weighted by molar-refractivity contribution is 7.89. The van der Waals surface area contributed by atoms with Gasteiger partial charge in [0.2, 0.25) is 15.9 Å². The fraction of sp³-hybridized carbons (Fsp3) is 0.500. The summed E-state index contributed by atoms with van der Waals surface area (Å²) in [7, 11) is -4.25. The first-order valence-electron chi connectivity index (χ1n) is 11.7. The number of aryl methyl sites for hydroxylation is 1. The second-order valence-corrected chi connectivity index (χ2v) is 12.1. The number of nitriles is 1. The number of carbonyl (C=O) groups is 1. The number of sulfonamides is 1. The van der Waals surface area contributed by atoms with Gasteiger partial charge in [0, 0.05) is 30.9 Å². The average molecular weight is 558 g/mol. The van der Waals surface area contributed by atoms with Crippen molar-refractivity contribution in [1.82, 2.24) is 14.2 Å². The van der Waals surface area contributed by atoms with E-state index >= 15 is 0 Å². The predicted octanol–water partition coefficient (Wildman–Crippen LogP) is 5.10. The van der Waals surface area contributed by atoms with Gasteiger partial charge in [0.1, 0.15) is 22.7 Å². The SMILES string of the molecule is N#Cc1cccn1CCC(NS(=O)(=O)c1c(Cl)cc(Cl)cc1Cl)C(=O)N1CC[C@@H]2CCCC[C@H]2C1. The van der Waals surface area contributed by atoms with Gasteiger partial charge < -0.3 is 9.47 Å². The number of rotatable bonds is 7. The normalized spacial score (nSPS) is 21.3. The highest BCUT2D eigenvalue weighted by Crippen LogP contribution is 2.37. The smallest absolute Gasteiger partial charge is 0.244 e. The van der Waals surface area contributed by atoms with E-state index in [1.807, 2.05) is 0 Å². The molecule has 2 aromatic rings. The van der Waals surface area contributed by atoms with Crippen molar-refractivity contribution in [2.24, 2.45) is 11.8 Å². The molecule has 1 amide bonds. The summed E-state index contributed by atoms with van der Waals surface area (Å²) in [6, 6.07) is 7.06. The summed E-state index contributed by atoms with van der Waals surface area (Å²) >= 11 is 18.3.